The Bertz CT molecular complexity index is 577. The molecule has 0 atom stereocenters. The molecule has 0 aromatic heterocycles. The van der Waals surface area contributed by atoms with Crippen molar-refractivity contribution in [3.63, 3.8) is 0 Å². The standard InChI is InChI=1S/C12H14F2O3S/c1-12(2,18(3,16)17)10(15)7-8-5-4-6-9(13)11(8)14/h4-6H,7H2,1-3H3. The molecule has 0 bridgehead atoms. The molecule has 0 aliphatic heterocycles. The smallest absolute Gasteiger partial charge is 0.162 e. The fraction of sp³-hybridized carbons (Fsp3) is 0.417. The second kappa shape index (κ2) is 4.76. The summed E-state index contributed by atoms with van der Waals surface area (Å²) in [6.07, 6.45) is 0.483. The van der Waals surface area contributed by atoms with Crippen molar-refractivity contribution < 1.29 is 22.0 Å². The number of hydrogen-bond acceptors (Lipinski definition) is 3. The molecule has 0 amide bonds. The van der Waals surface area contributed by atoms with Crippen LogP contribution in [0.25, 0.3) is 0 Å². The summed E-state index contributed by atoms with van der Waals surface area (Å²) in [6, 6.07) is 3.47. The van der Waals surface area contributed by atoms with Crippen LogP contribution >= 0.6 is 0 Å². The Morgan fingerprint density at radius 3 is 2.33 bits per heavy atom. The van der Waals surface area contributed by atoms with E-state index in [1.54, 1.807) is 0 Å². The van der Waals surface area contributed by atoms with E-state index >= 15 is 0 Å². The van der Waals surface area contributed by atoms with Crippen LogP contribution in [0, 0.1) is 11.6 Å². The van der Waals surface area contributed by atoms with Crippen molar-refractivity contribution >= 4 is 15.6 Å². The second-order valence-corrected chi connectivity index (χ2v) is 7.16. The maximum absolute atomic E-state index is 13.4. The molecule has 3 nitrogen and oxygen atoms in total. The van der Waals surface area contributed by atoms with Crippen molar-refractivity contribution in [2.75, 3.05) is 6.26 Å². The molecule has 0 fully saturated rings. The lowest BCUT2D eigenvalue weighted by Gasteiger charge is -2.20. The molecule has 0 spiro atoms. The van der Waals surface area contributed by atoms with Crippen molar-refractivity contribution in [2.24, 2.45) is 0 Å². The summed E-state index contributed by atoms with van der Waals surface area (Å²) in [7, 11) is -3.61. The van der Waals surface area contributed by atoms with Gasteiger partial charge < -0.3 is 0 Å². The van der Waals surface area contributed by atoms with Crippen LogP contribution in [0.5, 0.6) is 0 Å². The Labute approximate surface area is 105 Å². The Hall–Kier alpha value is -1.30. The predicted molar refractivity (Wildman–Crippen MR) is 64.0 cm³/mol. The van der Waals surface area contributed by atoms with E-state index in [0.717, 1.165) is 12.3 Å². The van der Waals surface area contributed by atoms with E-state index in [-0.39, 0.29) is 5.56 Å². The number of hydrogen-bond donors (Lipinski definition) is 0. The zero-order valence-electron chi connectivity index (χ0n) is 10.3. The van der Waals surface area contributed by atoms with Crippen LogP contribution in [0.1, 0.15) is 19.4 Å². The zero-order valence-corrected chi connectivity index (χ0v) is 11.1. The van der Waals surface area contributed by atoms with Gasteiger partial charge in [-0.05, 0) is 25.5 Å². The largest absolute Gasteiger partial charge is 0.298 e. The molecule has 0 saturated carbocycles. The average Bonchev–Trinajstić information content (AvgIpc) is 2.23. The predicted octanol–water partition coefficient (Wildman–Crippen LogP) is 1.90. The molecule has 0 unspecified atom stereocenters. The lowest BCUT2D eigenvalue weighted by molar-refractivity contribution is -0.120. The Balaban J connectivity index is 3.06. The maximum atomic E-state index is 13.4. The number of carbonyl (C=O) groups excluding carboxylic acids is 1. The first-order valence-corrected chi connectivity index (χ1v) is 7.12. The van der Waals surface area contributed by atoms with E-state index < -0.39 is 38.4 Å². The van der Waals surface area contributed by atoms with Gasteiger partial charge in [0.2, 0.25) is 0 Å². The molecule has 1 aromatic carbocycles. The average molecular weight is 276 g/mol. The van der Waals surface area contributed by atoms with E-state index in [1.165, 1.54) is 26.0 Å². The van der Waals surface area contributed by atoms with Crippen molar-refractivity contribution in [2.45, 2.75) is 25.0 Å². The quantitative estimate of drug-likeness (QED) is 0.844. The summed E-state index contributed by atoms with van der Waals surface area (Å²) >= 11 is 0. The molecule has 0 aliphatic carbocycles. The van der Waals surface area contributed by atoms with Crippen LogP contribution in [-0.2, 0) is 21.1 Å². The minimum Gasteiger partial charge on any atom is -0.298 e. The summed E-state index contributed by atoms with van der Waals surface area (Å²) < 4.78 is 47.6. The lowest BCUT2D eigenvalue weighted by Crippen LogP contribution is -2.41. The number of sulfone groups is 1. The van der Waals surface area contributed by atoms with Gasteiger partial charge in [-0.25, -0.2) is 17.2 Å². The van der Waals surface area contributed by atoms with Gasteiger partial charge in [0.15, 0.2) is 27.3 Å². The number of Topliss-reactive ketones (excluding diaryl/α,β-unsaturated/α-hetero) is 1. The van der Waals surface area contributed by atoms with Gasteiger partial charge in [-0.1, -0.05) is 12.1 Å². The third-order valence-electron chi connectivity index (χ3n) is 2.98. The number of ketones is 1. The molecule has 1 aromatic rings. The van der Waals surface area contributed by atoms with Gasteiger partial charge in [-0.15, -0.1) is 0 Å². The van der Waals surface area contributed by atoms with Crippen LogP contribution < -0.4 is 0 Å². The van der Waals surface area contributed by atoms with Gasteiger partial charge in [-0.2, -0.15) is 0 Å². The molecule has 0 aliphatic rings. The third-order valence-corrected chi connectivity index (χ3v) is 5.06. The van der Waals surface area contributed by atoms with E-state index in [0.29, 0.717) is 0 Å². The molecular weight excluding hydrogens is 262 g/mol. The highest BCUT2D eigenvalue weighted by atomic mass is 32.2. The molecule has 0 radical (unpaired) electrons. The van der Waals surface area contributed by atoms with Crippen molar-refractivity contribution in [3.8, 4) is 0 Å². The summed E-state index contributed by atoms with van der Waals surface area (Å²) in [4.78, 5) is 11.9. The molecule has 100 valence electrons. The van der Waals surface area contributed by atoms with Crippen LogP contribution in [0.4, 0.5) is 8.78 Å². The third kappa shape index (κ3) is 2.75. The molecule has 1 rings (SSSR count). The molecule has 6 heteroatoms. The fourth-order valence-corrected chi connectivity index (χ4v) is 1.76. The fourth-order valence-electron chi connectivity index (χ4n) is 1.28. The van der Waals surface area contributed by atoms with Gasteiger partial charge in [0.1, 0.15) is 4.75 Å². The Morgan fingerprint density at radius 1 is 1.28 bits per heavy atom. The summed E-state index contributed by atoms with van der Waals surface area (Å²) in [5.74, 6) is -2.85. The van der Waals surface area contributed by atoms with E-state index in [4.69, 9.17) is 0 Å². The maximum Gasteiger partial charge on any atom is 0.162 e. The topological polar surface area (TPSA) is 51.2 Å². The zero-order chi connectivity index (χ0) is 14.1. The van der Waals surface area contributed by atoms with E-state index in [2.05, 4.69) is 0 Å². The van der Waals surface area contributed by atoms with Crippen LogP contribution in [0.3, 0.4) is 0 Å². The first-order chi connectivity index (χ1) is 8.07. The lowest BCUT2D eigenvalue weighted by atomic mass is 10.00. The van der Waals surface area contributed by atoms with E-state index in [9.17, 15) is 22.0 Å². The van der Waals surface area contributed by atoms with Gasteiger partial charge >= 0.3 is 0 Å². The second-order valence-electron chi connectivity index (χ2n) is 4.60. The van der Waals surface area contributed by atoms with Gasteiger partial charge in [0.05, 0.1) is 0 Å². The first-order valence-electron chi connectivity index (χ1n) is 5.23. The van der Waals surface area contributed by atoms with Crippen molar-refractivity contribution in [1.29, 1.82) is 0 Å². The van der Waals surface area contributed by atoms with E-state index in [1.807, 2.05) is 0 Å². The van der Waals surface area contributed by atoms with Crippen molar-refractivity contribution in [1.82, 2.24) is 0 Å². The summed E-state index contributed by atoms with van der Waals surface area (Å²) in [5.41, 5.74) is -0.142. The number of rotatable bonds is 4. The Morgan fingerprint density at radius 2 is 1.83 bits per heavy atom. The molecule has 18 heavy (non-hydrogen) atoms. The van der Waals surface area contributed by atoms with Gasteiger partial charge in [0.25, 0.3) is 0 Å². The molecule has 0 N–H and O–H groups in total. The minimum absolute atomic E-state index is 0.142. The molecular formula is C12H14F2O3S. The van der Waals surface area contributed by atoms with Gasteiger partial charge in [-0.3, -0.25) is 4.79 Å². The normalized spacial score (nSPS) is 12.5. The highest BCUT2D eigenvalue weighted by Crippen LogP contribution is 2.21. The minimum atomic E-state index is -3.61. The van der Waals surface area contributed by atoms with Crippen LogP contribution in [-0.4, -0.2) is 25.2 Å². The van der Waals surface area contributed by atoms with Crippen LogP contribution in [0.15, 0.2) is 18.2 Å². The SMILES string of the molecule is CC(C)(C(=O)Cc1cccc(F)c1F)S(C)(=O)=O. The summed E-state index contributed by atoms with van der Waals surface area (Å²) in [6.45, 7) is 2.50. The van der Waals surface area contributed by atoms with Gasteiger partial charge in [0, 0.05) is 12.7 Å². The summed E-state index contributed by atoms with van der Waals surface area (Å²) in [5, 5.41) is 0. The number of carbonyl (C=O) groups is 1. The highest BCUT2D eigenvalue weighted by molar-refractivity contribution is 7.92. The highest BCUT2D eigenvalue weighted by Gasteiger charge is 2.38. The van der Waals surface area contributed by atoms with Crippen molar-refractivity contribution in [3.05, 3.63) is 35.4 Å². The van der Waals surface area contributed by atoms with Crippen LogP contribution in [0.2, 0.25) is 0 Å². The number of benzene rings is 1. The molecule has 0 heterocycles. The Kier molecular flexibility index (Phi) is 3.90. The first kappa shape index (κ1) is 14.8. The number of halogens is 2. The molecule has 0 saturated heterocycles. The monoisotopic (exact) mass is 276 g/mol.